The summed E-state index contributed by atoms with van der Waals surface area (Å²) < 4.78 is 11.0. The maximum Gasteiger partial charge on any atom is 0.246 e. The van der Waals surface area contributed by atoms with Crippen molar-refractivity contribution in [3.05, 3.63) is 59.6 Å². The molecule has 0 radical (unpaired) electrons. The van der Waals surface area contributed by atoms with Gasteiger partial charge in [-0.3, -0.25) is 9.69 Å². The number of carbonyl (C=O) groups excluding carboxylic acids is 1. The highest BCUT2D eigenvalue weighted by Crippen LogP contribution is 2.22. The van der Waals surface area contributed by atoms with E-state index in [-0.39, 0.29) is 5.91 Å². The van der Waals surface area contributed by atoms with Gasteiger partial charge in [-0.2, -0.15) is 4.98 Å². The lowest BCUT2D eigenvalue weighted by Gasteiger charge is -2.33. The van der Waals surface area contributed by atoms with Crippen LogP contribution in [0, 0.1) is 0 Å². The number of aromatic nitrogens is 3. The fourth-order valence-electron chi connectivity index (χ4n) is 3.35. The first-order valence-electron chi connectivity index (χ1n) is 9.66. The molecule has 9 heteroatoms. The zero-order valence-electron chi connectivity index (χ0n) is 16.1. The van der Waals surface area contributed by atoms with Crippen molar-refractivity contribution in [1.82, 2.24) is 24.9 Å². The number of hydrogen-bond donors (Lipinski definition) is 0. The SMILES string of the molecule is O=C(/C=C/c1nc2ccccc2o1)N1CCN(Cc2nc(-c3cccs3)no2)CC1. The topological polar surface area (TPSA) is 88.5 Å². The van der Waals surface area contributed by atoms with Gasteiger partial charge < -0.3 is 13.8 Å². The summed E-state index contributed by atoms with van der Waals surface area (Å²) in [6.07, 6.45) is 3.14. The van der Waals surface area contributed by atoms with Crippen LogP contribution in [-0.2, 0) is 11.3 Å². The van der Waals surface area contributed by atoms with Crippen molar-refractivity contribution in [2.24, 2.45) is 0 Å². The molecule has 0 aliphatic carbocycles. The first kappa shape index (κ1) is 18.7. The lowest BCUT2D eigenvalue weighted by Crippen LogP contribution is -2.47. The largest absolute Gasteiger partial charge is 0.437 e. The Hall–Kier alpha value is -3.30. The van der Waals surface area contributed by atoms with Crippen LogP contribution in [0.3, 0.4) is 0 Å². The summed E-state index contributed by atoms with van der Waals surface area (Å²) in [5.74, 6) is 1.60. The Bertz CT molecular complexity index is 1140. The van der Waals surface area contributed by atoms with Gasteiger partial charge in [-0.05, 0) is 23.6 Å². The molecule has 1 aromatic carbocycles. The van der Waals surface area contributed by atoms with Gasteiger partial charge in [-0.1, -0.05) is 23.4 Å². The highest BCUT2D eigenvalue weighted by atomic mass is 32.1. The maximum atomic E-state index is 12.5. The number of rotatable bonds is 5. The molecule has 1 fully saturated rings. The number of amides is 1. The van der Waals surface area contributed by atoms with Gasteiger partial charge in [0, 0.05) is 38.3 Å². The van der Waals surface area contributed by atoms with Crippen molar-refractivity contribution < 1.29 is 13.7 Å². The molecule has 4 heterocycles. The molecule has 1 aliphatic heterocycles. The predicted octanol–water partition coefficient (Wildman–Crippen LogP) is 3.30. The molecule has 8 nitrogen and oxygen atoms in total. The highest BCUT2D eigenvalue weighted by Gasteiger charge is 2.21. The fraction of sp³-hybridized carbons (Fsp3) is 0.238. The van der Waals surface area contributed by atoms with Gasteiger partial charge in [0.15, 0.2) is 5.58 Å². The Kier molecular flexibility index (Phi) is 5.12. The molecule has 0 spiro atoms. The number of carbonyl (C=O) groups is 1. The van der Waals surface area contributed by atoms with Crippen LogP contribution in [-0.4, -0.2) is 57.0 Å². The maximum absolute atomic E-state index is 12.5. The van der Waals surface area contributed by atoms with Crippen molar-refractivity contribution in [2.45, 2.75) is 6.54 Å². The molecule has 1 saturated heterocycles. The molecule has 30 heavy (non-hydrogen) atoms. The summed E-state index contributed by atoms with van der Waals surface area (Å²) in [5.41, 5.74) is 1.49. The van der Waals surface area contributed by atoms with Crippen LogP contribution in [0.15, 0.2) is 56.8 Å². The summed E-state index contributed by atoms with van der Waals surface area (Å²) in [5, 5.41) is 6.03. The van der Waals surface area contributed by atoms with Crippen LogP contribution >= 0.6 is 11.3 Å². The Balaban J connectivity index is 1.14. The molecule has 0 bridgehead atoms. The van der Waals surface area contributed by atoms with Crippen molar-refractivity contribution in [1.29, 1.82) is 0 Å². The molecule has 152 valence electrons. The molecule has 0 atom stereocenters. The highest BCUT2D eigenvalue weighted by molar-refractivity contribution is 7.13. The molecular weight excluding hydrogens is 402 g/mol. The Labute approximate surface area is 176 Å². The van der Waals surface area contributed by atoms with E-state index >= 15 is 0 Å². The van der Waals surface area contributed by atoms with Gasteiger partial charge in [0.2, 0.25) is 23.5 Å². The average molecular weight is 421 g/mol. The van der Waals surface area contributed by atoms with Crippen LogP contribution in [0.25, 0.3) is 27.9 Å². The monoisotopic (exact) mass is 421 g/mol. The summed E-state index contributed by atoms with van der Waals surface area (Å²) >= 11 is 1.58. The number of hydrogen-bond acceptors (Lipinski definition) is 8. The van der Waals surface area contributed by atoms with Gasteiger partial charge in [0.05, 0.1) is 11.4 Å². The summed E-state index contributed by atoms with van der Waals surface area (Å²) in [7, 11) is 0. The molecule has 3 aromatic heterocycles. The average Bonchev–Trinajstić information content (AvgIpc) is 3.52. The number of nitrogens with zero attached hydrogens (tertiary/aromatic N) is 5. The van der Waals surface area contributed by atoms with Gasteiger partial charge >= 0.3 is 0 Å². The van der Waals surface area contributed by atoms with E-state index in [0.29, 0.717) is 42.8 Å². The first-order valence-corrected chi connectivity index (χ1v) is 10.5. The van der Waals surface area contributed by atoms with E-state index in [2.05, 4.69) is 20.0 Å². The minimum Gasteiger partial charge on any atom is -0.437 e. The zero-order chi connectivity index (χ0) is 20.3. The van der Waals surface area contributed by atoms with E-state index in [0.717, 1.165) is 23.5 Å². The molecule has 0 N–H and O–H groups in total. The summed E-state index contributed by atoms with van der Waals surface area (Å²) in [6.45, 7) is 3.36. The lowest BCUT2D eigenvalue weighted by molar-refractivity contribution is -0.127. The third-order valence-corrected chi connectivity index (χ3v) is 5.80. The zero-order valence-corrected chi connectivity index (χ0v) is 16.9. The van der Waals surface area contributed by atoms with Crippen molar-refractivity contribution >= 4 is 34.4 Å². The molecular formula is C21H19N5O3S. The lowest BCUT2D eigenvalue weighted by atomic mass is 10.3. The van der Waals surface area contributed by atoms with Crippen molar-refractivity contribution in [3.8, 4) is 10.7 Å². The third-order valence-electron chi connectivity index (χ3n) is 4.93. The fourth-order valence-corrected chi connectivity index (χ4v) is 4.00. The molecule has 0 unspecified atom stereocenters. The number of piperazine rings is 1. The van der Waals surface area contributed by atoms with Crippen molar-refractivity contribution in [2.75, 3.05) is 26.2 Å². The Morgan fingerprint density at radius 3 is 2.77 bits per heavy atom. The number of fused-ring (bicyclic) bond motifs is 1. The van der Waals surface area contributed by atoms with Crippen LogP contribution < -0.4 is 0 Å². The van der Waals surface area contributed by atoms with Crippen LogP contribution in [0.1, 0.15) is 11.8 Å². The second-order valence-corrected chi connectivity index (χ2v) is 7.89. The molecule has 5 rings (SSSR count). The number of benzene rings is 1. The van der Waals surface area contributed by atoms with Crippen LogP contribution in [0.4, 0.5) is 0 Å². The van der Waals surface area contributed by atoms with Gasteiger partial charge in [0.25, 0.3) is 0 Å². The number of oxazole rings is 1. The quantitative estimate of drug-likeness (QED) is 0.457. The second kappa shape index (κ2) is 8.21. The van der Waals surface area contributed by atoms with E-state index in [1.807, 2.05) is 46.7 Å². The van der Waals surface area contributed by atoms with Crippen LogP contribution in [0.2, 0.25) is 0 Å². The molecule has 1 aliphatic rings. The molecule has 1 amide bonds. The van der Waals surface area contributed by atoms with E-state index in [1.54, 1.807) is 17.4 Å². The second-order valence-electron chi connectivity index (χ2n) is 6.94. The van der Waals surface area contributed by atoms with E-state index in [9.17, 15) is 4.79 Å². The smallest absolute Gasteiger partial charge is 0.246 e. The third kappa shape index (κ3) is 4.03. The predicted molar refractivity (Wildman–Crippen MR) is 113 cm³/mol. The summed E-state index contributed by atoms with van der Waals surface area (Å²) in [4.78, 5) is 26.3. The first-order chi connectivity index (χ1) is 14.7. The number of thiophene rings is 1. The Morgan fingerprint density at radius 1 is 1.10 bits per heavy atom. The Morgan fingerprint density at radius 2 is 1.97 bits per heavy atom. The summed E-state index contributed by atoms with van der Waals surface area (Å²) in [6, 6.07) is 11.5. The molecule has 4 aromatic rings. The van der Waals surface area contributed by atoms with Crippen LogP contribution in [0.5, 0.6) is 0 Å². The number of para-hydroxylation sites is 2. The van der Waals surface area contributed by atoms with Gasteiger partial charge in [-0.15, -0.1) is 11.3 Å². The minimum atomic E-state index is -0.0466. The normalized spacial score (nSPS) is 15.4. The standard InChI is InChI=1S/C21H19N5O3S/c27-20(8-7-18-22-15-4-1-2-5-16(15)28-18)26-11-9-25(10-12-26)14-19-23-21(24-29-19)17-6-3-13-30-17/h1-8,13H,9-12,14H2/b8-7+. The van der Waals surface area contributed by atoms with Gasteiger partial charge in [-0.25, -0.2) is 4.98 Å². The van der Waals surface area contributed by atoms with E-state index < -0.39 is 0 Å². The van der Waals surface area contributed by atoms with Gasteiger partial charge in [0.1, 0.15) is 5.52 Å². The minimum absolute atomic E-state index is 0.0466. The molecule has 0 saturated carbocycles. The van der Waals surface area contributed by atoms with E-state index in [1.165, 1.54) is 6.08 Å². The van der Waals surface area contributed by atoms with E-state index in [4.69, 9.17) is 8.94 Å². The van der Waals surface area contributed by atoms with Crippen molar-refractivity contribution in [3.63, 3.8) is 0 Å².